The van der Waals surface area contributed by atoms with Gasteiger partial charge in [-0.2, -0.15) is 0 Å². The lowest BCUT2D eigenvalue weighted by Crippen LogP contribution is -2.35. The van der Waals surface area contributed by atoms with Crippen LogP contribution in [0.1, 0.15) is 31.4 Å². The Kier molecular flexibility index (Phi) is 6.29. The molecule has 2 aromatic carbocycles. The molecule has 178 valence electrons. The number of amides is 2. The second kappa shape index (κ2) is 9.68. The van der Waals surface area contributed by atoms with E-state index in [0.717, 1.165) is 23.1 Å². The highest BCUT2D eigenvalue weighted by molar-refractivity contribution is 7.12. The number of nitrogens with zero attached hydrogens (tertiary/aromatic N) is 1. The predicted molar refractivity (Wildman–Crippen MR) is 134 cm³/mol. The maximum Gasteiger partial charge on any atom is 0.289 e. The van der Waals surface area contributed by atoms with E-state index in [1.165, 1.54) is 11.3 Å². The molecule has 0 saturated heterocycles. The van der Waals surface area contributed by atoms with E-state index in [9.17, 15) is 9.59 Å². The van der Waals surface area contributed by atoms with Crippen LogP contribution in [-0.4, -0.2) is 37.5 Å². The van der Waals surface area contributed by atoms with Gasteiger partial charge < -0.3 is 24.1 Å². The fraction of sp³-hybridized carbons (Fsp3) is 0.185. The molecule has 1 aliphatic heterocycles. The van der Waals surface area contributed by atoms with Crippen LogP contribution < -0.4 is 14.8 Å². The Labute approximate surface area is 206 Å². The molecule has 0 atom stereocenters. The van der Waals surface area contributed by atoms with E-state index in [1.54, 1.807) is 37.3 Å². The molecule has 1 aliphatic rings. The average Bonchev–Trinajstić information content (AvgIpc) is 3.60. The molecular weight excluding hydrogens is 464 g/mol. The normalized spacial score (nSPS) is 12.7. The molecule has 2 aromatic heterocycles. The lowest BCUT2D eigenvalue weighted by molar-refractivity contribution is 0.0703. The number of ether oxygens (including phenoxy) is 2. The van der Waals surface area contributed by atoms with E-state index in [2.05, 4.69) is 5.32 Å². The minimum Gasteiger partial charge on any atom is -0.493 e. The molecule has 2 amide bonds. The first-order valence-corrected chi connectivity index (χ1v) is 12.0. The van der Waals surface area contributed by atoms with Crippen molar-refractivity contribution in [3.8, 4) is 22.8 Å². The number of anilines is 1. The van der Waals surface area contributed by atoms with Crippen molar-refractivity contribution in [1.29, 1.82) is 0 Å². The van der Waals surface area contributed by atoms with E-state index in [0.29, 0.717) is 46.7 Å². The molecule has 5 rings (SSSR count). The number of furan rings is 1. The Morgan fingerprint density at radius 2 is 1.71 bits per heavy atom. The van der Waals surface area contributed by atoms with E-state index in [-0.39, 0.29) is 11.8 Å². The SMILES string of the molecule is COc1cc2c(cc1OC)CN(C(=O)c1ccc(-c3ccc(NC(=O)c4cccs4)cc3)o1)CC2. The lowest BCUT2D eigenvalue weighted by atomic mass is 9.98. The van der Waals surface area contributed by atoms with E-state index >= 15 is 0 Å². The van der Waals surface area contributed by atoms with Gasteiger partial charge in [0.1, 0.15) is 5.76 Å². The summed E-state index contributed by atoms with van der Waals surface area (Å²) in [4.78, 5) is 27.8. The molecule has 0 fully saturated rings. The first-order chi connectivity index (χ1) is 17.1. The van der Waals surface area contributed by atoms with Crippen LogP contribution in [0.25, 0.3) is 11.3 Å². The molecule has 0 bridgehead atoms. The Hall–Kier alpha value is -4.04. The molecule has 3 heterocycles. The number of benzene rings is 2. The molecule has 8 heteroatoms. The van der Waals surface area contributed by atoms with Gasteiger partial charge in [-0.25, -0.2) is 0 Å². The van der Waals surface area contributed by atoms with Gasteiger partial charge in [0, 0.05) is 24.3 Å². The minimum atomic E-state index is -0.156. The highest BCUT2D eigenvalue weighted by atomic mass is 32.1. The second-order valence-corrected chi connectivity index (χ2v) is 9.07. The minimum absolute atomic E-state index is 0.141. The quantitative estimate of drug-likeness (QED) is 0.389. The number of fused-ring (bicyclic) bond motifs is 1. The third kappa shape index (κ3) is 4.65. The molecule has 35 heavy (non-hydrogen) atoms. The molecule has 0 spiro atoms. The molecule has 0 unspecified atom stereocenters. The summed E-state index contributed by atoms with van der Waals surface area (Å²) in [6, 6.07) is 18.4. The number of thiophene rings is 1. The number of rotatable bonds is 6. The van der Waals surface area contributed by atoms with Crippen molar-refractivity contribution in [3.05, 3.63) is 87.8 Å². The summed E-state index contributed by atoms with van der Waals surface area (Å²) in [7, 11) is 3.22. The van der Waals surface area contributed by atoms with Gasteiger partial charge in [0.05, 0.1) is 19.1 Å². The van der Waals surface area contributed by atoms with Crippen molar-refractivity contribution in [2.24, 2.45) is 0 Å². The first-order valence-electron chi connectivity index (χ1n) is 11.1. The molecule has 0 saturated carbocycles. The number of carbonyl (C=O) groups is 2. The fourth-order valence-corrected chi connectivity index (χ4v) is 4.76. The summed E-state index contributed by atoms with van der Waals surface area (Å²) in [5, 5.41) is 4.74. The standard InChI is InChI=1S/C27H24N2O5S/c1-32-23-14-18-11-12-29(16-19(18)15-24(23)33-2)27(31)22-10-9-21(34-22)17-5-7-20(8-6-17)28-26(30)25-4-3-13-35-25/h3-10,13-15H,11-12,16H2,1-2H3,(H,28,30). The lowest BCUT2D eigenvalue weighted by Gasteiger charge is -2.29. The van der Waals surface area contributed by atoms with Crippen molar-refractivity contribution in [2.45, 2.75) is 13.0 Å². The van der Waals surface area contributed by atoms with Crippen molar-refractivity contribution in [1.82, 2.24) is 4.90 Å². The Morgan fingerprint density at radius 1 is 0.971 bits per heavy atom. The van der Waals surface area contributed by atoms with Crippen LogP contribution in [0.3, 0.4) is 0 Å². The number of carbonyl (C=O) groups excluding carboxylic acids is 2. The highest BCUT2D eigenvalue weighted by Gasteiger charge is 2.25. The maximum absolute atomic E-state index is 13.1. The number of hydrogen-bond acceptors (Lipinski definition) is 6. The Bertz CT molecular complexity index is 1360. The zero-order valence-electron chi connectivity index (χ0n) is 19.4. The number of hydrogen-bond donors (Lipinski definition) is 1. The van der Waals surface area contributed by atoms with Gasteiger partial charge in [0.15, 0.2) is 17.3 Å². The molecule has 0 radical (unpaired) electrons. The number of methoxy groups -OCH3 is 2. The molecule has 7 nitrogen and oxygen atoms in total. The average molecular weight is 489 g/mol. The zero-order chi connectivity index (χ0) is 24.4. The van der Waals surface area contributed by atoms with Gasteiger partial charge in [0.2, 0.25) is 0 Å². The third-order valence-corrected chi connectivity index (χ3v) is 6.86. The topological polar surface area (TPSA) is 81.0 Å². The van der Waals surface area contributed by atoms with Gasteiger partial charge in [-0.3, -0.25) is 9.59 Å². The van der Waals surface area contributed by atoms with Crippen LogP contribution in [0.4, 0.5) is 5.69 Å². The Morgan fingerprint density at radius 3 is 2.40 bits per heavy atom. The summed E-state index contributed by atoms with van der Waals surface area (Å²) < 4.78 is 16.7. The zero-order valence-corrected chi connectivity index (χ0v) is 20.2. The Balaban J connectivity index is 1.27. The van der Waals surface area contributed by atoms with E-state index in [4.69, 9.17) is 13.9 Å². The second-order valence-electron chi connectivity index (χ2n) is 8.13. The summed E-state index contributed by atoms with van der Waals surface area (Å²) in [5.41, 5.74) is 3.69. The van der Waals surface area contributed by atoms with Crippen LogP contribution in [-0.2, 0) is 13.0 Å². The summed E-state index contributed by atoms with van der Waals surface area (Å²) in [6.07, 6.45) is 0.730. The molecule has 0 aliphatic carbocycles. The molecular formula is C27H24N2O5S. The smallest absolute Gasteiger partial charge is 0.289 e. The van der Waals surface area contributed by atoms with Crippen molar-refractivity contribution >= 4 is 28.8 Å². The summed E-state index contributed by atoms with van der Waals surface area (Å²) in [5.74, 6) is 1.93. The highest BCUT2D eigenvalue weighted by Crippen LogP contribution is 2.34. The van der Waals surface area contributed by atoms with E-state index in [1.807, 2.05) is 47.8 Å². The maximum atomic E-state index is 13.1. The van der Waals surface area contributed by atoms with Crippen LogP contribution in [0.2, 0.25) is 0 Å². The van der Waals surface area contributed by atoms with Crippen LogP contribution >= 0.6 is 11.3 Å². The summed E-state index contributed by atoms with van der Waals surface area (Å²) >= 11 is 1.39. The molecule has 4 aromatic rings. The number of nitrogens with one attached hydrogen (secondary N) is 1. The fourth-order valence-electron chi connectivity index (χ4n) is 4.14. The van der Waals surface area contributed by atoms with Crippen molar-refractivity contribution in [2.75, 3.05) is 26.1 Å². The largest absolute Gasteiger partial charge is 0.493 e. The third-order valence-electron chi connectivity index (χ3n) is 5.99. The summed E-state index contributed by atoms with van der Waals surface area (Å²) in [6.45, 7) is 1.07. The van der Waals surface area contributed by atoms with Gasteiger partial charge in [0.25, 0.3) is 11.8 Å². The monoisotopic (exact) mass is 488 g/mol. The van der Waals surface area contributed by atoms with Crippen molar-refractivity contribution in [3.63, 3.8) is 0 Å². The van der Waals surface area contributed by atoms with Gasteiger partial charge >= 0.3 is 0 Å². The van der Waals surface area contributed by atoms with Gasteiger partial charge in [-0.15, -0.1) is 11.3 Å². The van der Waals surface area contributed by atoms with Crippen molar-refractivity contribution < 1.29 is 23.5 Å². The molecule has 1 N–H and O–H groups in total. The van der Waals surface area contributed by atoms with E-state index < -0.39 is 0 Å². The van der Waals surface area contributed by atoms with Crippen LogP contribution in [0, 0.1) is 0 Å². The van der Waals surface area contributed by atoms with Gasteiger partial charge in [-0.05, 0) is 77.5 Å². The van der Waals surface area contributed by atoms with Crippen LogP contribution in [0.15, 0.2) is 70.5 Å². The van der Waals surface area contributed by atoms with Crippen LogP contribution in [0.5, 0.6) is 11.5 Å². The van der Waals surface area contributed by atoms with Gasteiger partial charge in [-0.1, -0.05) is 6.07 Å². The predicted octanol–water partition coefficient (Wildman–Crippen LogP) is 5.48. The first kappa shape index (κ1) is 22.7.